The van der Waals surface area contributed by atoms with Gasteiger partial charge in [0.25, 0.3) is 0 Å². The van der Waals surface area contributed by atoms with Crippen molar-refractivity contribution in [2.75, 3.05) is 0 Å². The number of unbranched alkanes of at least 4 members (excludes halogenated alkanes) is 18. The molecule has 6 aromatic rings. The van der Waals surface area contributed by atoms with Crippen LogP contribution in [0.3, 0.4) is 0 Å². The number of nitrogens with zero attached hydrogens (tertiary/aromatic N) is 4. The van der Waals surface area contributed by atoms with E-state index in [2.05, 4.69) is 13.8 Å². The van der Waals surface area contributed by atoms with Gasteiger partial charge in [0.05, 0.1) is 34.2 Å². The predicted octanol–water partition coefficient (Wildman–Crippen LogP) is 20.2. The molecule has 354 valence electrons. The third-order valence-corrected chi connectivity index (χ3v) is 16.0. The summed E-state index contributed by atoms with van der Waals surface area (Å²) in [6.07, 6.45) is 14.4. The molecule has 0 unspecified atom stereocenters. The van der Waals surface area contributed by atoms with Gasteiger partial charge in [0.1, 0.15) is 22.4 Å². The van der Waals surface area contributed by atoms with E-state index < -0.39 is 23.5 Å². The maximum atomic E-state index is 14.5. The molecular weight excluding hydrogens is 923 g/mol. The van der Waals surface area contributed by atoms with Crippen LogP contribution < -0.4 is 0 Å². The van der Waals surface area contributed by atoms with E-state index in [1.807, 2.05) is 24.3 Å². The summed E-state index contributed by atoms with van der Waals surface area (Å²) in [7, 11) is 0. The van der Waals surface area contributed by atoms with Crippen molar-refractivity contribution in [3.05, 3.63) is 82.9 Å². The molecule has 1 aliphatic heterocycles. The Balaban J connectivity index is 1.06. The lowest BCUT2D eigenvalue weighted by Gasteiger charge is -2.14. The first-order chi connectivity index (χ1) is 32.0. The van der Waals surface area contributed by atoms with Crippen molar-refractivity contribution in [1.82, 2.24) is 8.75 Å². The fourth-order valence-corrected chi connectivity index (χ4v) is 12.2. The van der Waals surface area contributed by atoms with Crippen LogP contribution in [0.1, 0.15) is 165 Å². The number of aryl methyl sites for hydroxylation is 2. The molecule has 0 atom stereocenters. The van der Waals surface area contributed by atoms with Crippen LogP contribution in [0.15, 0.2) is 69.4 Å². The highest BCUT2D eigenvalue weighted by Crippen LogP contribution is 2.55. The third kappa shape index (κ3) is 12.9. The van der Waals surface area contributed by atoms with Crippen LogP contribution in [0, 0.1) is 0 Å². The molecule has 0 bridgehead atoms. The minimum atomic E-state index is -4.48. The van der Waals surface area contributed by atoms with Gasteiger partial charge < -0.3 is 0 Å². The Morgan fingerprint density at radius 1 is 0.424 bits per heavy atom. The molecule has 0 radical (unpaired) electrons. The maximum Gasteiger partial charge on any atom is 0.416 e. The third-order valence-electron chi connectivity index (χ3n) is 12.6. The molecule has 3 aromatic carbocycles. The number of thiophene rings is 2. The molecule has 0 spiro atoms. The monoisotopic (exact) mass is 982 g/mol. The Morgan fingerprint density at radius 2 is 0.773 bits per heavy atom. The first-order valence-corrected chi connectivity index (χ1v) is 27.1. The van der Waals surface area contributed by atoms with Gasteiger partial charge in [0.2, 0.25) is 0 Å². The van der Waals surface area contributed by atoms with Crippen molar-refractivity contribution >= 4 is 68.2 Å². The normalized spacial score (nSPS) is 12.7. The van der Waals surface area contributed by atoms with Gasteiger partial charge >= 0.3 is 12.4 Å². The van der Waals surface area contributed by atoms with E-state index in [4.69, 9.17) is 17.5 Å². The van der Waals surface area contributed by atoms with Crippen molar-refractivity contribution in [3.8, 4) is 41.8 Å². The molecule has 0 saturated heterocycles. The van der Waals surface area contributed by atoms with Crippen molar-refractivity contribution in [2.45, 2.75) is 167 Å². The fraction of sp³-hybridized carbons (Fsp3) is 0.500. The number of aromatic nitrogens is 2. The van der Waals surface area contributed by atoms with E-state index in [1.54, 1.807) is 24.3 Å². The quantitative estimate of drug-likeness (QED) is 0.0401. The standard InChI is InChI=1S/C52H60F6N4S4/c1-3-5-7-9-11-13-15-17-19-21-23-35-25-27-37(33-39(35)51(53,54)55)41-29-31-43(63-41)45-47-49(61-65-59-47)46(50-48(45)60-66-62-50)44-32-30-42(64-44)38-28-26-36(40(34-38)52(56,57)58)24-22-20-18-16-14-12-10-8-6-4-2/h25-34H,3-24H2,1-2H3. The van der Waals surface area contributed by atoms with Crippen LogP contribution in [0.5, 0.6) is 0 Å². The summed E-state index contributed by atoms with van der Waals surface area (Å²) in [4.78, 5) is 2.93. The van der Waals surface area contributed by atoms with Crippen molar-refractivity contribution < 1.29 is 26.3 Å². The summed E-state index contributed by atoms with van der Waals surface area (Å²) >= 11 is 4.83. The van der Waals surface area contributed by atoms with Crippen molar-refractivity contribution in [3.63, 3.8) is 0 Å². The van der Waals surface area contributed by atoms with Crippen molar-refractivity contribution in [1.29, 1.82) is 0 Å². The van der Waals surface area contributed by atoms with Crippen LogP contribution in [0.2, 0.25) is 0 Å². The summed E-state index contributed by atoms with van der Waals surface area (Å²) in [5, 5.41) is 0. The van der Waals surface area contributed by atoms with Crippen LogP contribution in [0.25, 0.3) is 52.8 Å². The van der Waals surface area contributed by atoms with E-state index in [1.165, 1.54) is 112 Å². The van der Waals surface area contributed by atoms with E-state index in [9.17, 15) is 26.3 Å². The van der Waals surface area contributed by atoms with Crippen LogP contribution in [-0.2, 0) is 36.5 Å². The fourth-order valence-electron chi connectivity index (χ4n) is 9.01. The van der Waals surface area contributed by atoms with Gasteiger partial charge in [-0.15, -0.1) is 22.7 Å². The molecule has 0 aliphatic carbocycles. The number of hydrogen-bond donors (Lipinski definition) is 0. The van der Waals surface area contributed by atoms with E-state index in [0.717, 1.165) is 84.2 Å². The number of benzene rings is 3. The molecule has 3 aromatic heterocycles. The number of rotatable bonds is 26. The number of fused-ring (bicyclic) bond motifs is 2. The number of alkyl halides is 6. The van der Waals surface area contributed by atoms with Crippen LogP contribution >= 0.6 is 34.4 Å². The zero-order chi connectivity index (χ0) is 46.5. The van der Waals surface area contributed by atoms with E-state index in [-0.39, 0.29) is 0 Å². The van der Waals surface area contributed by atoms with Crippen molar-refractivity contribution in [2.24, 2.45) is 8.73 Å². The summed E-state index contributed by atoms with van der Waals surface area (Å²) in [6, 6.07) is 16.9. The smallest absolute Gasteiger partial charge is 0.172 e. The Labute approximate surface area is 401 Å². The summed E-state index contributed by atoms with van der Waals surface area (Å²) in [5.74, 6) is 0. The first-order valence-electron chi connectivity index (χ1n) is 24.0. The molecule has 66 heavy (non-hydrogen) atoms. The van der Waals surface area contributed by atoms with Gasteiger partial charge in [0.15, 0.2) is 0 Å². The minimum absolute atomic E-state index is 0.331. The van der Waals surface area contributed by atoms with Gasteiger partial charge in [0, 0.05) is 30.6 Å². The van der Waals surface area contributed by atoms with E-state index >= 15 is 0 Å². The highest BCUT2D eigenvalue weighted by Gasteiger charge is 2.35. The highest BCUT2D eigenvalue weighted by molar-refractivity contribution is 7.58. The second-order valence-electron chi connectivity index (χ2n) is 17.6. The molecular formula is C52H60F6N4S4. The Morgan fingerprint density at radius 3 is 1.14 bits per heavy atom. The molecule has 1 aliphatic rings. The maximum absolute atomic E-state index is 14.5. The largest absolute Gasteiger partial charge is 0.416 e. The molecule has 4 nitrogen and oxygen atoms in total. The summed E-state index contributed by atoms with van der Waals surface area (Å²) < 4.78 is 106. The summed E-state index contributed by atoms with van der Waals surface area (Å²) in [5.41, 5.74) is 4.28. The topological polar surface area (TPSA) is 50.5 Å². The second-order valence-corrected chi connectivity index (χ2v) is 20.8. The Hall–Kier alpha value is -3.72. The van der Waals surface area contributed by atoms with Crippen LogP contribution in [-0.4, -0.2) is 8.75 Å². The molecule has 7 rings (SSSR count). The van der Waals surface area contributed by atoms with Gasteiger partial charge in [-0.2, -0.15) is 43.8 Å². The van der Waals surface area contributed by atoms with Gasteiger partial charge in [-0.3, -0.25) is 0 Å². The van der Waals surface area contributed by atoms with Gasteiger partial charge in [-0.25, -0.2) is 0 Å². The Bertz CT molecular complexity index is 2410. The van der Waals surface area contributed by atoms with E-state index in [0.29, 0.717) is 78.4 Å². The number of halogens is 6. The molecule has 0 N–H and O–H groups in total. The minimum Gasteiger partial charge on any atom is -0.172 e. The van der Waals surface area contributed by atoms with Crippen LogP contribution in [0.4, 0.5) is 37.7 Å². The number of hydrogen-bond acceptors (Lipinski definition) is 7. The van der Waals surface area contributed by atoms with Gasteiger partial charge in [-0.1, -0.05) is 154 Å². The zero-order valence-electron chi connectivity index (χ0n) is 38.0. The summed E-state index contributed by atoms with van der Waals surface area (Å²) in [6.45, 7) is 4.42. The molecule has 0 saturated carbocycles. The molecule has 0 amide bonds. The first kappa shape index (κ1) is 50.2. The lowest BCUT2D eigenvalue weighted by molar-refractivity contribution is -0.139. The predicted molar refractivity (Wildman–Crippen MR) is 268 cm³/mol. The SMILES string of the molecule is CCCCCCCCCCCCc1ccc(-c2ccc(-c3c4c(c(-c5ccc(-c6ccc(CCCCCCCCCCCC)c(C(F)(F)F)c6)s5)c5nsnc35)N=S=N4)s2)cc1C(F)(F)F. The average Bonchev–Trinajstić information content (AvgIpc) is 4.15. The average molecular weight is 983 g/mol. The Kier molecular flexibility index (Phi) is 18.3. The highest BCUT2D eigenvalue weighted by atomic mass is 32.1. The molecule has 4 heterocycles. The zero-order valence-corrected chi connectivity index (χ0v) is 41.3. The van der Waals surface area contributed by atoms with Gasteiger partial charge in [-0.05, 0) is 84.3 Å². The molecule has 14 heteroatoms. The lowest BCUT2D eigenvalue weighted by atomic mass is 9.97. The molecule has 0 fully saturated rings. The lowest BCUT2D eigenvalue weighted by Crippen LogP contribution is -2.09. The second kappa shape index (κ2) is 24.0.